The first-order chi connectivity index (χ1) is 9.78. The lowest BCUT2D eigenvalue weighted by atomic mass is 9.88. The second kappa shape index (κ2) is 6.45. The Morgan fingerprint density at radius 3 is 2.52 bits per heavy atom. The van der Waals surface area contributed by atoms with E-state index in [1.807, 2.05) is 13.8 Å². The lowest BCUT2D eigenvalue weighted by Gasteiger charge is -2.46. The maximum absolute atomic E-state index is 10.2. The summed E-state index contributed by atoms with van der Waals surface area (Å²) in [6.07, 6.45) is -2.81. The molecular formula is C14H27NO6. The van der Waals surface area contributed by atoms with E-state index in [-0.39, 0.29) is 12.7 Å². The number of ether oxygens (including phenoxy) is 4. The van der Waals surface area contributed by atoms with Gasteiger partial charge in [-0.15, -0.1) is 0 Å². The standard InChI is InChI=1S/C14H27NO6/c1-7-12(11(15)9(16)6-19-7)21-10-5-14(3,18-4)13(17)8(2)20-10/h7-13,16-17H,5-6,15H2,1-4H3/t7?,8?,9?,10-,11?,12+,13-,14?/m0/s1. The maximum atomic E-state index is 10.2. The summed E-state index contributed by atoms with van der Waals surface area (Å²) < 4.78 is 22.5. The second-order valence-corrected chi connectivity index (χ2v) is 6.22. The average Bonchev–Trinajstić information content (AvgIpc) is 2.45. The highest BCUT2D eigenvalue weighted by molar-refractivity contribution is 4.94. The number of aliphatic hydroxyl groups excluding tert-OH is 2. The fraction of sp³-hybridized carbons (Fsp3) is 1.00. The van der Waals surface area contributed by atoms with Crippen molar-refractivity contribution in [2.45, 2.75) is 75.6 Å². The van der Waals surface area contributed by atoms with Crippen LogP contribution < -0.4 is 5.73 Å². The molecule has 2 heterocycles. The van der Waals surface area contributed by atoms with Gasteiger partial charge in [-0.3, -0.25) is 0 Å². The maximum Gasteiger partial charge on any atom is 0.161 e. The summed E-state index contributed by atoms with van der Waals surface area (Å²) in [6, 6.07) is -0.534. The first-order valence-electron chi connectivity index (χ1n) is 7.38. The fourth-order valence-corrected chi connectivity index (χ4v) is 2.96. The summed E-state index contributed by atoms with van der Waals surface area (Å²) in [5.41, 5.74) is 5.25. The molecule has 0 radical (unpaired) electrons. The Morgan fingerprint density at radius 2 is 1.90 bits per heavy atom. The van der Waals surface area contributed by atoms with Crippen LogP contribution in [0.5, 0.6) is 0 Å². The van der Waals surface area contributed by atoms with Gasteiger partial charge in [-0.2, -0.15) is 0 Å². The van der Waals surface area contributed by atoms with E-state index < -0.39 is 42.3 Å². The van der Waals surface area contributed by atoms with Crippen molar-refractivity contribution < 1.29 is 29.2 Å². The SMILES string of the molecule is COC1(C)C[C@H](O[C@@H]2C(C)OCC(O)C2N)OC(C)[C@@H]1O. The van der Waals surface area contributed by atoms with Crippen molar-refractivity contribution in [3.8, 4) is 0 Å². The van der Waals surface area contributed by atoms with Crippen LogP contribution in [0.15, 0.2) is 0 Å². The summed E-state index contributed by atoms with van der Waals surface area (Å²) in [4.78, 5) is 0. The lowest BCUT2D eigenvalue weighted by molar-refractivity contribution is -0.304. The van der Waals surface area contributed by atoms with Crippen LogP contribution in [0.1, 0.15) is 27.2 Å². The Labute approximate surface area is 125 Å². The molecule has 2 aliphatic heterocycles. The smallest absolute Gasteiger partial charge is 0.161 e. The highest BCUT2D eigenvalue weighted by atomic mass is 16.7. The van der Waals surface area contributed by atoms with Crippen LogP contribution >= 0.6 is 0 Å². The largest absolute Gasteiger partial charge is 0.389 e. The van der Waals surface area contributed by atoms with Gasteiger partial charge in [0.05, 0.1) is 36.6 Å². The molecule has 7 nitrogen and oxygen atoms in total. The molecule has 2 saturated heterocycles. The summed E-state index contributed by atoms with van der Waals surface area (Å²) >= 11 is 0. The van der Waals surface area contributed by atoms with Gasteiger partial charge in [-0.05, 0) is 20.8 Å². The summed E-state index contributed by atoms with van der Waals surface area (Å²) in [7, 11) is 1.56. The zero-order valence-electron chi connectivity index (χ0n) is 13.1. The molecule has 21 heavy (non-hydrogen) atoms. The van der Waals surface area contributed by atoms with E-state index in [0.717, 1.165) is 0 Å². The summed E-state index contributed by atoms with van der Waals surface area (Å²) in [5, 5.41) is 20.0. The third-order valence-electron chi connectivity index (χ3n) is 4.60. The van der Waals surface area contributed by atoms with Crippen LogP contribution in [0.25, 0.3) is 0 Å². The molecule has 0 saturated carbocycles. The minimum Gasteiger partial charge on any atom is -0.389 e. The summed E-state index contributed by atoms with van der Waals surface area (Å²) in [5.74, 6) is 0. The molecule has 8 atom stereocenters. The van der Waals surface area contributed by atoms with E-state index in [2.05, 4.69) is 0 Å². The number of nitrogens with two attached hydrogens (primary N) is 1. The van der Waals surface area contributed by atoms with Crippen molar-refractivity contribution >= 4 is 0 Å². The van der Waals surface area contributed by atoms with Gasteiger partial charge in [0.25, 0.3) is 0 Å². The Kier molecular flexibility index (Phi) is 5.25. The third kappa shape index (κ3) is 3.39. The number of aliphatic hydroxyl groups is 2. The average molecular weight is 305 g/mol. The van der Waals surface area contributed by atoms with Crippen molar-refractivity contribution in [3.05, 3.63) is 0 Å². The van der Waals surface area contributed by atoms with Crippen molar-refractivity contribution in [2.24, 2.45) is 5.73 Å². The molecule has 4 N–H and O–H groups in total. The molecule has 0 amide bonds. The highest BCUT2D eigenvalue weighted by Gasteiger charge is 2.47. The van der Waals surface area contributed by atoms with Gasteiger partial charge >= 0.3 is 0 Å². The number of hydrogen-bond acceptors (Lipinski definition) is 7. The topological polar surface area (TPSA) is 103 Å². The molecule has 7 heteroatoms. The third-order valence-corrected chi connectivity index (χ3v) is 4.60. The molecule has 2 fully saturated rings. The molecule has 0 aromatic rings. The Balaban J connectivity index is 2.05. The lowest BCUT2D eigenvalue weighted by Crippen LogP contribution is -2.61. The predicted molar refractivity (Wildman–Crippen MR) is 74.6 cm³/mol. The molecule has 124 valence electrons. The predicted octanol–water partition coefficient (Wildman–Crippen LogP) is -0.621. The van der Waals surface area contributed by atoms with Gasteiger partial charge in [0.15, 0.2) is 6.29 Å². The number of methoxy groups -OCH3 is 1. The molecule has 0 aliphatic carbocycles. The Morgan fingerprint density at radius 1 is 1.24 bits per heavy atom. The first kappa shape index (κ1) is 17.1. The molecule has 2 rings (SSSR count). The van der Waals surface area contributed by atoms with E-state index in [4.69, 9.17) is 24.7 Å². The van der Waals surface area contributed by atoms with E-state index in [1.165, 1.54) is 0 Å². The van der Waals surface area contributed by atoms with Gasteiger partial charge in [-0.1, -0.05) is 0 Å². The first-order valence-corrected chi connectivity index (χ1v) is 7.38. The number of hydrogen-bond donors (Lipinski definition) is 3. The minimum atomic E-state index is -0.758. The normalized spacial score (nSPS) is 51.9. The molecule has 0 aromatic carbocycles. The van der Waals surface area contributed by atoms with E-state index in [1.54, 1.807) is 14.0 Å². The Hall–Kier alpha value is -0.280. The Bertz CT molecular complexity index is 356. The zero-order valence-corrected chi connectivity index (χ0v) is 13.1. The van der Waals surface area contributed by atoms with Crippen LogP contribution in [-0.2, 0) is 18.9 Å². The molecule has 0 spiro atoms. The number of rotatable bonds is 3. The van der Waals surface area contributed by atoms with E-state index in [9.17, 15) is 10.2 Å². The molecule has 0 bridgehead atoms. The van der Waals surface area contributed by atoms with Crippen LogP contribution in [-0.4, -0.2) is 72.4 Å². The van der Waals surface area contributed by atoms with Gasteiger partial charge in [0.2, 0.25) is 0 Å². The van der Waals surface area contributed by atoms with E-state index >= 15 is 0 Å². The van der Waals surface area contributed by atoms with Gasteiger partial charge < -0.3 is 34.9 Å². The quantitative estimate of drug-likeness (QED) is 0.638. The van der Waals surface area contributed by atoms with Crippen molar-refractivity contribution in [2.75, 3.05) is 13.7 Å². The summed E-state index contributed by atoms with van der Waals surface area (Å²) in [6.45, 7) is 5.65. The van der Waals surface area contributed by atoms with Gasteiger partial charge in [-0.25, -0.2) is 0 Å². The minimum absolute atomic E-state index is 0.207. The van der Waals surface area contributed by atoms with Crippen molar-refractivity contribution in [1.29, 1.82) is 0 Å². The monoisotopic (exact) mass is 305 g/mol. The zero-order chi connectivity index (χ0) is 15.8. The molecule has 2 aliphatic rings. The molecule has 0 aromatic heterocycles. The van der Waals surface area contributed by atoms with Gasteiger partial charge in [0, 0.05) is 13.5 Å². The fourth-order valence-electron chi connectivity index (χ4n) is 2.96. The highest BCUT2D eigenvalue weighted by Crippen LogP contribution is 2.33. The van der Waals surface area contributed by atoms with Crippen LogP contribution in [0.3, 0.4) is 0 Å². The van der Waals surface area contributed by atoms with Crippen molar-refractivity contribution in [3.63, 3.8) is 0 Å². The van der Waals surface area contributed by atoms with Crippen LogP contribution in [0.2, 0.25) is 0 Å². The second-order valence-electron chi connectivity index (χ2n) is 6.22. The molecule has 5 unspecified atom stereocenters. The van der Waals surface area contributed by atoms with Crippen LogP contribution in [0, 0.1) is 0 Å². The van der Waals surface area contributed by atoms with E-state index in [0.29, 0.717) is 6.42 Å². The van der Waals surface area contributed by atoms with Crippen LogP contribution in [0.4, 0.5) is 0 Å². The van der Waals surface area contributed by atoms with Crippen molar-refractivity contribution in [1.82, 2.24) is 0 Å². The molecular weight excluding hydrogens is 278 g/mol. The van der Waals surface area contributed by atoms with Gasteiger partial charge in [0.1, 0.15) is 12.2 Å².